The number of hydrogen-bond donors (Lipinski definition) is 1. The number of benzene rings is 1. The van der Waals surface area contributed by atoms with Crippen molar-refractivity contribution in [2.45, 2.75) is 38.8 Å². The first-order valence-corrected chi connectivity index (χ1v) is 9.61. The van der Waals surface area contributed by atoms with Gasteiger partial charge in [0.15, 0.2) is 0 Å². The predicted molar refractivity (Wildman–Crippen MR) is 106 cm³/mol. The van der Waals surface area contributed by atoms with E-state index in [1.807, 2.05) is 30.6 Å². The molecule has 0 bridgehead atoms. The second-order valence-corrected chi connectivity index (χ2v) is 7.26. The number of aryl methyl sites for hydroxylation is 1. The fourth-order valence-corrected chi connectivity index (χ4v) is 3.83. The van der Waals surface area contributed by atoms with Crippen molar-refractivity contribution in [3.63, 3.8) is 0 Å². The molecule has 140 valence electrons. The summed E-state index contributed by atoms with van der Waals surface area (Å²) in [5, 5.41) is 7.25. The normalized spacial score (nSPS) is 15.7. The fraction of sp³-hybridized carbons (Fsp3) is 0.364. The van der Waals surface area contributed by atoms with Crippen LogP contribution >= 0.6 is 0 Å². The van der Waals surface area contributed by atoms with Gasteiger partial charge in [-0.1, -0.05) is 24.3 Å². The summed E-state index contributed by atoms with van der Waals surface area (Å²) < 4.78 is 6.08. The molecule has 1 N–H and O–H groups in total. The second kappa shape index (κ2) is 8.35. The standard InChI is InChI=1S/C22H26N4O/c1-17-21(14-24-25-17)19-8-11-26(12-9-19)15-20-6-2-3-7-22(20)27-16-18-5-4-10-23-13-18/h2-7,10,13-14,19H,8-9,11-12,15-16H2,1H3,(H,24,25). The number of hydrogen-bond acceptors (Lipinski definition) is 4. The smallest absolute Gasteiger partial charge is 0.124 e. The Balaban J connectivity index is 1.35. The third-order valence-corrected chi connectivity index (χ3v) is 5.38. The van der Waals surface area contributed by atoms with Crippen molar-refractivity contribution in [2.75, 3.05) is 13.1 Å². The molecule has 1 saturated heterocycles. The van der Waals surface area contributed by atoms with Gasteiger partial charge in [-0.25, -0.2) is 0 Å². The number of rotatable bonds is 6. The maximum absolute atomic E-state index is 6.08. The van der Waals surface area contributed by atoms with E-state index in [-0.39, 0.29) is 0 Å². The molecule has 0 unspecified atom stereocenters. The summed E-state index contributed by atoms with van der Waals surface area (Å²) in [6.45, 7) is 5.80. The van der Waals surface area contributed by atoms with Gasteiger partial charge in [0.2, 0.25) is 0 Å². The fourth-order valence-electron chi connectivity index (χ4n) is 3.83. The Kier molecular flexibility index (Phi) is 5.49. The highest BCUT2D eigenvalue weighted by molar-refractivity contribution is 5.33. The number of ether oxygens (including phenoxy) is 1. The molecular weight excluding hydrogens is 336 g/mol. The molecule has 0 spiro atoms. The summed E-state index contributed by atoms with van der Waals surface area (Å²) >= 11 is 0. The molecule has 5 heteroatoms. The largest absolute Gasteiger partial charge is 0.489 e. The Hall–Kier alpha value is -2.66. The van der Waals surface area contributed by atoms with E-state index in [0.717, 1.165) is 30.9 Å². The maximum Gasteiger partial charge on any atom is 0.124 e. The van der Waals surface area contributed by atoms with Crippen molar-refractivity contribution >= 4 is 0 Å². The Labute approximate surface area is 160 Å². The van der Waals surface area contributed by atoms with Crippen LogP contribution in [0.2, 0.25) is 0 Å². The van der Waals surface area contributed by atoms with Gasteiger partial charge in [-0.05, 0) is 56.5 Å². The average Bonchev–Trinajstić information content (AvgIpc) is 3.15. The minimum Gasteiger partial charge on any atom is -0.489 e. The molecule has 27 heavy (non-hydrogen) atoms. The van der Waals surface area contributed by atoms with Crippen LogP contribution in [0.3, 0.4) is 0 Å². The zero-order valence-corrected chi connectivity index (χ0v) is 15.8. The topological polar surface area (TPSA) is 54.0 Å². The predicted octanol–water partition coefficient (Wildman–Crippen LogP) is 4.07. The van der Waals surface area contributed by atoms with Crippen LogP contribution in [0, 0.1) is 6.92 Å². The van der Waals surface area contributed by atoms with Gasteiger partial charge in [-0.2, -0.15) is 5.10 Å². The molecule has 1 aliphatic rings. The number of aromatic nitrogens is 3. The van der Waals surface area contributed by atoms with Gasteiger partial charge in [-0.3, -0.25) is 15.0 Å². The molecule has 0 saturated carbocycles. The maximum atomic E-state index is 6.08. The van der Waals surface area contributed by atoms with Crippen LogP contribution in [-0.2, 0) is 13.2 Å². The van der Waals surface area contributed by atoms with E-state index in [2.05, 4.69) is 45.2 Å². The van der Waals surface area contributed by atoms with E-state index < -0.39 is 0 Å². The highest BCUT2D eigenvalue weighted by atomic mass is 16.5. The van der Waals surface area contributed by atoms with Gasteiger partial charge >= 0.3 is 0 Å². The number of para-hydroxylation sites is 1. The van der Waals surface area contributed by atoms with E-state index in [1.54, 1.807) is 6.20 Å². The summed E-state index contributed by atoms with van der Waals surface area (Å²) in [5.74, 6) is 1.59. The average molecular weight is 362 g/mol. The molecule has 1 aromatic carbocycles. The molecular formula is C22H26N4O. The van der Waals surface area contributed by atoms with Gasteiger partial charge in [0, 0.05) is 35.8 Å². The first-order valence-electron chi connectivity index (χ1n) is 9.61. The zero-order chi connectivity index (χ0) is 18.5. The molecule has 0 aliphatic carbocycles. The van der Waals surface area contributed by atoms with E-state index >= 15 is 0 Å². The minimum absolute atomic E-state index is 0.548. The number of aromatic amines is 1. The van der Waals surface area contributed by atoms with Crippen LogP contribution < -0.4 is 4.74 Å². The first kappa shape index (κ1) is 17.7. The third kappa shape index (κ3) is 4.37. The minimum atomic E-state index is 0.548. The Bertz CT molecular complexity index is 854. The highest BCUT2D eigenvalue weighted by Crippen LogP contribution is 2.30. The summed E-state index contributed by atoms with van der Waals surface area (Å²) in [4.78, 5) is 6.68. The monoisotopic (exact) mass is 362 g/mol. The molecule has 0 atom stereocenters. The van der Waals surface area contributed by atoms with Gasteiger partial charge in [0.05, 0.1) is 6.20 Å². The lowest BCUT2D eigenvalue weighted by Gasteiger charge is -2.32. The van der Waals surface area contributed by atoms with Crippen molar-refractivity contribution in [3.8, 4) is 5.75 Å². The van der Waals surface area contributed by atoms with Crippen LogP contribution in [0.25, 0.3) is 0 Å². The quantitative estimate of drug-likeness (QED) is 0.718. The van der Waals surface area contributed by atoms with Gasteiger partial charge in [0.25, 0.3) is 0 Å². The Morgan fingerprint density at radius 3 is 2.70 bits per heavy atom. The molecule has 0 amide bonds. The van der Waals surface area contributed by atoms with E-state index in [0.29, 0.717) is 12.5 Å². The van der Waals surface area contributed by atoms with Crippen molar-refractivity contribution < 1.29 is 4.74 Å². The van der Waals surface area contributed by atoms with Gasteiger partial charge in [0.1, 0.15) is 12.4 Å². The molecule has 4 rings (SSSR count). The van der Waals surface area contributed by atoms with Crippen molar-refractivity contribution in [1.29, 1.82) is 0 Å². The summed E-state index contributed by atoms with van der Waals surface area (Å²) in [7, 11) is 0. The molecule has 2 aromatic heterocycles. The summed E-state index contributed by atoms with van der Waals surface area (Å²) in [6.07, 6.45) is 7.99. The second-order valence-electron chi connectivity index (χ2n) is 7.26. The summed E-state index contributed by atoms with van der Waals surface area (Å²) in [5.41, 5.74) is 4.93. The Morgan fingerprint density at radius 1 is 1.11 bits per heavy atom. The van der Waals surface area contributed by atoms with E-state index in [1.165, 1.54) is 29.7 Å². The van der Waals surface area contributed by atoms with Crippen molar-refractivity contribution in [2.24, 2.45) is 0 Å². The number of nitrogens with zero attached hydrogens (tertiary/aromatic N) is 3. The molecule has 3 heterocycles. The van der Waals surface area contributed by atoms with E-state index in [9.17, 15) is 0 Å². The van der Waals surface area contributed by atoms with Crippen LogP contribution in [0.5, 0.6) is 5.75 Å². The molecule has 5 nitrogen and oxygen atoms in total. The van der Waals surface area contributed by atoms with Crippen LogP contribution in [-0.4, -0.2) is 33.2 Å². The molecule has 1 fully saturated rings. The summed E-state index contributed by atoms with van der Waals surface area (Å²) in [6, 6.07) is 12.3. The number of pyridine rings is 1. The van der Waals surface area contributed by atoms with Crippen molar-refractivity contribution in [1.82, 2.24) is 20.1 Å². The molecule has 1 aliphatic heterocycles. The number of likely N-dealkylation sites (tertiary alicyclic amines) is 1. The van der Waals surface area contributed by atoms with Crippen LogP contribution in [0.15, 0.2) is 55.0 Å². The lowest BCUT2D eigenvalue weighted by Crippen LogP contribution is -2.32. The highest BCUT2D eigenvalue weighted by Gasteiger charge is 2.23. The molecule has 0 radical (unpaired) electrons. The van der Waals surface area contributed by atoms with Crippen molar-refractivity contribution in [3.05, 3.63) is 77.4 Å². The first-order chi connectivity index (χ1) is 13.3. The lowest BCUT2D eigenvalue weighted by atomic mass is 9.90. The number of piperidine rings is 1. The number of nitrogens with one attached hydrogen (secondary N) is 1. The van der Waals surface area contributed by atoms with E-state index in [4.69, 9.17) is 4.74 Å². The lowest BCUT2D eigenvalue weighted by molar-refractivity contribution is 0.200. The van der Waals surface area contributed by atoms with Crippen LogP contribution in [0.1, 0.15) is 41.1 Å². The van der Waals surface area contributed by atoms with Gasteiger partial charge < -0.3 is 4.74 Å². The van der Waals surface area contributed by atoms with Gasteiger partial charge in [-0.15, -0.1) is 0 Å². The third-order valence-electron chi connectivity index (χ3n) is 5.38. The zero-order valence-electron chi connectivity index (χ0n) is 15.8. The molecule has 3 aromatic rings. The Morgan fingerprint density at radius 2 is 1.96 bits per heavy atom. The van der Waals surface area contributed by atoms with Crippen LogP contribution in [0.4, 0.5) is 0 Å². The number of H-pyrrole nitrogens is 1. The SMILES string of the molecule is Cc1[nH]ncc1C1CCN(Cc2ccccc2OCc2cccnc2)CC1.